The second-order valence-electron chi connectivity index (χ2n) is 4.09. The van der Waals surface area contributed by atoms with E-state index in [0.717, 1.165) is 26.1 Å². The van der Waals surface area contributed by atoms with Crippen LogP contribution in [-0.2, 0) is 18.2 Å². The molecule has 16 heavy (non-hydrogen) atoms. The summed E-state index contributed by atoms with van der Waals surface area (Å²) in [5, 5.41) is 4.15. The van der Waals surface area contributed by atoms with Gasteiger partial charge in [-0.25, -0.2) is 0 Å². The van der Waals surface area contributed by atoms with Crippen LogP contribution in [0, 0.1) is 0 Å². The van der Waals surface area contributed by atoms with Gasteiger partial charge in [0, 0.05) is 33.4 Å². The lowest BCUT2D eigenvalue weighted by Gasteiger charge is -2.19. The van der Waals surface area contributed by atoms with E-state index in [1.54, 1.807) is 7.11 Å². The summed E-state index contributed by atoms with van der Waals surface area (Å²) in [6, 6.07) is 0. The predicted molar refractivity (Wildman–Crippen MR) is 69.0 cm³/mol. The summed E-state index contributed by atoms with van der Waals surface area (Å²) in [6.45, 7) is 2.78. The molecule has 92 valence electrons. The highest BCUT2D eigenvalue weighted by atomic mass is 79.9. The minimum absolute atomic E-state index is 0.399. The van der Waals surface area contributed by atoms with Crippen LogP contribution >= 0.6 is 15.9 Å². The van der Waals surface area contributed by atoms with Gasteiger partial charge in [0.2, 0.25) is 0 Å². The molecule has 0 saturated carbocycles. The molecule has 0 aliphatic carbocycles. The molecule has 1 heterocycles. The van der Waals surface area contributed by atoms with Crippen molar-refractivity contribution in [3.05, 3.63) is 18.0 Å². The minimum Gasteiger partial charge on any atom is -0.383 e. The van der Waals surface area contributed by atoms with E-state index in [-0.39, 0.29) is 0 Å². The fraction of sp³-hybridized carbons (Fsp3) is 0.727. The molecule has 0 N–H and O–H groups in total. The number of methoxy groups -OCH3 is 1. The van der Waals surface area contributed by atoms with Crippen LogP contribution in [0.1, 0.15) is 5.56 Å². The van der Waals surface area contributed by atoms with Gasteiger partial charge in [0.15, 0.2) is 0 Å². The molecule has 4 nitrogen and oxygen atoms in total. The van der Waals surface area contributed by atoms with Crippen LogP contribution in [0.25, 0.3) is 0 Å². The molecule has 0 fully saturated rings. The van der Waals surface area contributed by atoms with E-state index in [4.69, 9.17) is 4.74 Å². The van der Waals surface area contributed by atoms with Crippen LogP contribution in [0.4, 0.5) is 0 Å². The summed E-state index contributed by atoms with van der Waals surface area (Å²) in [5.41, 5.74) is 1.28. The summed E-state index contributed by atoms with van der Waals surface area (Å²) >= 11 is 3.59. The zero-order valence-corrected chi connectivity index (χ0v) is 11.8. The Labute approximate surface area is 106 Å². The van der Waals surface area contributed by atoms with E-state index < -0.39 is 0 Å². The third-order valence-corrected chi connectivity index (χ3v) is 2.95. The van der Waals surface area contributed by atoms with E-state index in [1.165, 1.54) is 5.56 Å². The summed E-state index contributed by atoms with van der Waals surface area (Å²) in [6.07, 6.45) is 5.03. The summed E-state index contributed by atoms with van der Waals surface area (Å²) in [7, 11) is 5.80. The van der Waals surface area contributed by atoms with Gasteiger partial charge < -0.3 is 9.64 Å². The third-order valence-electron chi connectivity index (χ3n) is 2.40. The summed E-state index contributed by atoms with van der Waals surface area (Å²) < 4.78 is 6.92. The molecule has 0 aliphatic heterocycles. The molecule has 0 spiro atoms. The number of ether oxygens (including phenoxy) is 1. The lowest BCUT2D eigenvalue weighted by Crippen LogP contribution is -2.30. The van der Waals surface area contributed by atoms with Crippen LogP contribution in [0.2, 0.25) is 0 Å². The average molecular weight is 290 g/mol. The second-order valence-corrected chi connectivity index (χ2v) is 5.38. The zero-order chi connectivity index (χ0) is 12.0. The van der Waals surface area contributed by atoms with Crippen LogP contribution in [0.15, 0.2) is 12.4 Å². The lowest BCUT2D eigenvalue weighted by atomic mass is 10.2. The van der Waals surface area contributed by atoms with Crippen molar-refractivity contribution in [1.29, 1.82) is 0 Å². The number of aromatic nitrogens is 2. The molecule has 5 heteroatoms. The van der Waals surface area contributed by atoms with Crippen LogP contribution in [0.3, 0.4) is 0 Å². The van der Waals surface area contributed by atoms with E-state index in [1.807, 2.05) is 17.9 Å². The Balaban J connectivity index is 2.22. The molecular weight excluding hydrogens is 270 g/mol. The van der Waals surface area contributed by atoms with Crippen molar-refractivity contribution in [2.24, 2.45) is 7.05 Å². The van der Waals surface area contributed by atoms with E-state index in [0.29, 0.717) is 4.83 Å². The Morgan fingerprint density at radius 1 is 1.62 bits per heavy atom. The fourth-order valence-electron chi connectivity index (χ4n) is 1.58. The molecule has 0 aliphatic rings. The van der Waals surface area contributed by atoms with Gasteiger partial charge >= 0.3 is 0 Å². The second kappa shape index (κ2) is 7.04. The predicted octanol–water partition coefficient (Wildman–Crippen LogP) is 1.30. The van der Waals surface area contributed by atoms with Gasteiger partial charge in [-0.3, -0.25) is 4.68 Å². The molecule has 0 aromatic carbocycles. The number of aryl methyl sites for hydroxylation is 1. The largest absolute Gasteiger partial charge is 0.383 e. The quantitative estimate of drug-likeness (QED) is 0.709. The van der Waals surface area contributed by atoms with Gasteiger partial charge in [0.1, 0.15) is 0 Å². The van der Waals surface area contributed by atoms with Crippen LogP contribution in [0.5, 0.6) is 0 Å². The monoisotopic (exact) mass is 289 g/mol. The van der Waals surface area contributed by atoms with Crippen molar-refractivity contribution < 1.29 is 4.74 Å². The topological polar surface area (TPSA) is 30.3 Å². The minimum atomic E-state index is 0.399. The fourth-order valence-corrected chi connectivity index (χ4v) is 2.34. The zero-order valence-electron chi connectivity index (χ0n) is 10.2. The number of hydrogen-bond acceptors (Lipinski definition) is 3. The Bertz CT molecular complexity index is 303. The number of nitrogens with zero attached hydrogens (tertiary/aromatic N) is 3. The van der Waals surface area contributed by atoms with Gasteiger partial charge in [-0.15, -0.1) is 0 Å². The van der Waals surface area contributed by atoms with Gasteiger partial charge in [-0.05, 0) is 19.0 Å². The smallest absolute Gasteiger partial charge is 0.0600 e. The Kier molecular flexibility index (Phi) is 6.01. The SMILES string of the molecule is COCC(Br)CN(C)CCc1cnn(C)c1. The number of rotatable bonds is 7. The molecule has 1 atom stereocenters. The highest BCUT2D eigenvalue weighted by Crippen LogP contribution is 2.04. The number of likely N-dealkylation sites (N-methyl/N-ethyl adjacent to an activating group) is 1. The van der Waals surface area contributed by atoms with Crippen molar-refractivity contribution in [3.8, 4) is 0 Å². The van der Waals surface area contributed by atoms with Crippen molar-refractivity contribution in [3.63, 3.8) is 0 Å². The first-order chi connectivity index (χ1) is 7.61. The maximum atomic E-state index is 5.08. The van der Waals surface area contributed by atoms with Crippen molar-refractivity contribution in [2.45, 2.75) is 11.2 Å². The maximum Gasteiger partial charge on any atom is 0.0600 e. The molecule has 1 unspecified atom stereocenters. The Morgan fingerprint density at radius 3 is 2.94 bits per heavy atom. The van der Waals surface area contributed by atoms with Crippen molar-refractivity contribution >= 4 is 15.9 Å². The van der Waals surface area contributed by atoms with Gasteiger partial charge in [0.05, 0.1) is 17.6 Å². The third kappa shape index (κ3) is 5.09. The molecule has 1 aromatic heterocycles. The highest BCUT2D eigenvalue weighted by Gasteiger charge is 2.07. The van der Waals surface area contributed by atoms with E-state index >= 15 is 0 Å². The molecule has 0 bridgehead atoms. The number of halogens is 1. The molecule has 1 aromatic rings. The normalized spacial score (nSPS) is 13.3. The first-order valence-corrected chi connectivity index (χ1v) is 6.32. The average Bonchev–Trinajstić information content (AvgIpc) is 2.61. The first kappa shape index (κ1) is 13.7. The Hall–Kier alpha value is -0.390. The molecule has 0 radical (unpaired) electrons. The van der Waals surface area contributed by atoms with Crippen LogP contribution < -0.4 is 0 Å². The molecule has 1 rings (SSSR count). The molecule has 0 amide bonds. The standard InChI is InChI=1S/C11H20BrN3O/c1-14(8-11(12)9-16-3)5-4-10-6-13-15(2)7-10/h6-7,11H,4-5,8-9H2,1-3H3. The highest BCUT2D eigenvalue weighted by molar-refractivity contribution is 9.09. The first-order valence-electron chi connectivity index (χ1n) is 5.41. The van der Waals surface area contributed by atoms with E-state index in [2.05, 4.69) is 39.2 Å². The van der Waals surface area contributed by atoms with Gasteiger partial charge in [-0.2, -0.15) is 5.10 Å². The van der Waals surface area contributed by atoms with E-state index in [9.17, 15) is 0 Å². The molecule has 0 saturated heterocycles. The van der Waals surface area contributed by atoms with Crippen molar-refractivity contribution in [2.75, 3.05) is 33.9 Å². The summed E-state index contributed by atoms with van der Waals surface area (Å²) in [5.74, 6) is 0. The van der Waals surface area contributed by atoms with Crippen LogP contribution in [-0.4, -0.2) is 53.4 Å². The van der Waals surface area contributed by atoms with Crippen molar-refractivity contribution in [1.82, 2.24) is 14.7 Å². The molecular formula is C11H20BrN3O. The Morgan fingerprint density at radius 2 is 2.38 bits per heavy atom. The number of hydrogen-bond donors (Lipinski definition) is 0. The number of alkyl halides is 1. The van der Waals surface area contributed by atoms with Gasteiger partial charge in [-0.1, -0.05) is 15.9 Å². The maximum absolute atomic E-state index is 5.08. The lowest BCUT2D eigenvalue weighted by molar-refractivity contribution is 0.186. The summed E-state index contributed by atoms with van der Waals surface area (Å²) in [4.78, 5) is 2.70. The van der Waals surface area contributed by atoms with Gasteiger partial charge in [0.25, 0.3) is 0 Å².